The summed E-state index contributed by atoms with van der Waals surface area (Å²) in [5.41, 5.74) is 0.344. The predicted octanol–water partition coefficient (Wildman–Crippen LogP) is 4.07. The lowest BCUT2D eigenvalue weighted by Crippen LogP contribution is -2.14. The Morgan fingerprint density at radius 2 is 1.74 bits per heavy atom. The lowest BCUT2D eigenvalue weighted by Gasteiger charge is -2.08. The van der Waals surface area contributed by atoms with Crippen LogP contribution in [0.3, 0.4) is 0 Å². The number of benzene rings is 2. The summed E-state index contributed by atoms with van der Waals surface area (Å²) in [6.07, 6.45) is 1.59. The quantitative estimate of drug-likeness (QED) is 0.593. The van der Waals surface area contributed by atoms with Gasteiger partial charge in [-0.25, -0.2) is 13.2 Å². The minimum atomic E-state index is -0.899. The number of carbonyl (C=O) groups is 1. The van der Waals surface area contributed by atoms with Crippen LogP contribution in [0.2, 0.25) is 0 Å². The molecular weight excluding hydrogens is 357 g/mol. The van der Waals surface area contributed by atoms with Gasteiger partial charge in [0.25, 0.3) is 5.91 Å². The number of pyridine rings is 1. The van der Waals surface area contributed by atoms with Crippen molar-refractivity contribution in [3.8, 4) is 11.4 Å². The molecule has 0 aliphatic rings. The molecule has 27 heavy (non-hydrogen) atoms. The number of fused-ring (bicyclic) bond motifs is 1. The third-order valence-corrected chi connectivity index (χ3v) is 3.97. The van der Waals surface area contributed by atoms with Crippen molar-refractivity contribution in [3.63, 3.8) is 0 Å². The van der Waals surface area contributed by atoms with Gasteiger partial charge in [0.2, 0.25) is 0 Å². The first kappa shape index (κ1) is 16.8. The van der Waals surface area contributed by atoms with Gasteiger partial charge in [-0.15, -0.1) is 10.2 Å². The zero-order valence-corrected chi connectivity index (χ0v) is 13.7. The summed E-state index contributed by atoms with van der Waals surface area (Å²) in [4.78, 5) is 12.6. The molecular formula is C19H11F3N4O. The van der Waals surface area contributed by atoms with Gasteiger partial charge < -0.3 is 5.32 Å². The number of amides is 1. The Morgan fingerprint density at radius 3 is 2.52 bits per heavy atom. The normalized spacial score (nSPS) is 10.9. The second-order valence-corrected chi connectivity index (χ2v) is 5.70. The number of halogens is 3. The van der Waals surface area contributed by atoms with Crippen LogP contribution in [-0.2, 0) is 0 Å². The molecule has 4 aromatic rings. The maximum absolute atomic E-state index is 14.1. The van der Waals surface area contributed by atoms with Gasteiger partial charge in [-0.05, 0) is 36.4 Å². The van der Waals surface area contributed by atoms with Crippen LogP contribution in [0.4, 0.5) is 18.9 Å². The molecule has 1 amide bonds. The molecule has 0 aliphatic carbocycles. The molecule has 0 aliphatic heterocycles. The number of rotatable bonds is 3. The van der Waals surface area contributed by atoms with Crippen molar-refractivity contribution in [1.82, 2.24) is 14.6 Å². The maximum atomic E-state index is 14.1. The summed E-state index contributed by atoms with van der Waals surface area (Å²) >= 11 is 0. The van der Waals surface area contributed by atoms with E-state index in [4.69, 9.17) is 0 Å². The summed E-state index contributed by atoms with van der Waals surface area (Å²) < 4.78 is 42.3. The molecule has 2 aromatic carbocycles. The van der Waals surface area contributed by atoms with Crippen molar-refractivity contribution < 1.29 is 18.0 Å². The van der Waals surface area contributed by atoms with Crippen molar-refractivity contribution in [1.29, 1.82) is 0 Å². The van der Waals surface area contributed by atoms with E-state index in [0.29, 0.717) is 6.07 Å². The molecule has 0 radical (unpaired) electrons. The average molecular weight is 368 g/mol. The summed E-state index contributed by atoms with van der Waals surface area (Å²) in [5.74, 6) is -2.55. The zero-order chi connectivity index (χ0) is 19.0. The molecule has 1 N–H and O–H groups in total. The van der Waals surface area contributed by atoms with Crippen LogP contribution in [-0.4, -0.2) is 20.5 Å². The van der Waals surface area contributed by atoms with Crippen LogP contribution >= 0.6 is 0 Å². The maximum Gasteiger partial charge on any atom is 0.259 e. The van der Waals surface area contributed by atoms with Gasteiger partial charge in [-0.2, -0.15) is 0 Å². The van der Waals surface area contributed by atoms with E-state index in [9.17, 15) is 18.0 Å². The van der Waals surface area contributed by atoms with Crippen LogP contribution in [0.5, 0.6) is 0 Å². The molecule has 8 heteroatoms. The number of nitrogens with one attached hydrogen (secondary N) is 1. The third-order valence-electron chi connectivity index (χ3n) is 3.97. The number of aromatic nitrogens is 3. The third kappa shape index (κ3) is 3.01. The highest BCUT2D eigenvalue weighted by Crippen LogP contribution is 2.23. The molecule has 0 fully saturated rings. The summed E-state index contributed by atoms with van der Waals surface area (Å²) in [6, 6.07) is 11.9. The Hall–Kier alpha value is -3.68. The molecule has 0 spiro atoms. The number of carbonyl (C=O) groups excluding carboxylic acids is 1. The fraction of sp³-hybridized carbons (Fsp3) is 0. The standard InChI is InChI=1S/C19H11F3N4O/c20-11-7-8-16(15(22)10-11)23-19(27)13-5-3-9-26-17(24-25-18(13)26)12-4-1-2-6-14(12)21/h1-10H,(H,23,27). The van der Waals surface area contributed by atoms with Crippen molar-refractivity contribution in [3.05, 3.63) is 83.8 Å². The molecule has 5 nitrogen and oxygen atoms in total. The van der Waals surface area contributed by atoms with E-state index in [1.807, 2.05) is 0 Å². The highest BCUT2D eigenvalue weighted by Gasteiger charge is 2.18. The minimum absolute atomic E-state index is 0.108. The first-order valence-corrected chi connectivity index (χ1v) is 7.89. The van der Waals surface area contributed by atoms with Gasteiger partial charge in [-0.3, -0.25) is 9.20 Å². The van der Waals surface area contributed by atoms with Crippen molar-refractivity contribution in [2.75, 3.05) is 5.32 Å². The number of nitrogens with zero attached hydrogens (tertiary/aromatic N) is 3. The topological polar surface area (TPSA) is 59.3 Å². The van der Waals surface area contributed by atoms with Crippen LogP contribution in [0.15, 0.2) is 60.8 Å². The molecule has 0 bridgehead atoms. The van der Waals surface area contributed by atoms with Crippen molar-refractivity contribution >= 4 is 17.2 Å². The van der Waals surface area contributed by atoms with Crippen molar-refractivity contribution in [2.24, 2.45) is 0 Å². The van der Waals surface area contributed by atoms with Gasteiger partial charge in [0.05, 0.1) is 16.8 Å². The van der Waals surface area contributed by atoms with Crippen LogP contribution in [0, 0.1) is 17.5 Å². The highest BCUT2D eigenvalue weighted by molar-refractivity contribution is 6.08. The molecule has 0 saturated carbocycles. The van der Waals surface area contributed by atoms with Crippen LogP contribution in [0.25, 0.3) is 17.0 Å². The fourth-order valence-corrected chi connectivity index (χ4v) is 2.70. The smallest absolute Gasteiger partial charge is 0.259 e. The number of hydrogen-bond acceptors (Lipinski definition) is 3. The van der Waals surface area contributed by atoms with Crippen molar-refractivity contribution in [2.45, 2.75) is 0 Å². The SMILES string of the molecule is O=C(Nc1ccc(F)cc1F)c1cccn2c(-c3ccccc3F)nnc12. The fourth-order valence-electron chi connectivity index (χ4n) is 2.70. The lowest BCUT2D eigenvalue weighted by molar-refractivity contribution is 0.102. The molecule has 2 aromatic heterocycles. The van der Waals surface area contributed by atoms with Gasteiger partial charge in [0.1, 0.15) is 17.5 Å². The first-order valence-electron chi connectivity index (χ1n) is 7.89. The number of hydrogen-bond donors (Lipinski definition) is 1. The Bertz CT molecular complexity index is 1170. The van der Waals surface area contributed by atoms with E-state index in [2.05, 4.69) is 15.5 Å². The van der Waals surface area contributed by atoms with E-state index in [1.54, 1.807) is 30.5 Å². The van der Waals surface area contributed by atoms with E-state index < -0.39 is 23.4 Å². The molecule has 0 atom stereocenters. The predicted molar refractivity (Wildman–Crippen MR) is 92.7 cm³/mol. The second kappa shape index (κ2) is 6.56. The van der Waals surface area contributed by atoms with E-state index in [-0.39, 0.29) is 28.3 Å². The first-order chi connectivity index (χ1) is 13.0. The Kier molecular flexibility index (Phi) is 4.08. The summed E-state index contributed by atoms with van der Waals surface area (Å²) in [5, 5.41) is 10.3. The highest BCUT2D eigenvalue weighted by atomic mass is 19.1. The zero-order valence-electron chi connectivity index (χ0n) is 13.7. The molecule has 4 rings (SSSR count). The number of anilines is 1. The monoisotopic (exact) mass is 368 g/mol. The average Bonchev–Trinajstić information content (AvgIpc) is 3.08. The van der Waals surface area contributed by atoms with Gasteiger partial charge in [0, 0.05) is 12.3 Å². The van der Waals surface area contributed by atoms with E-state index in [0.717, 1.165) is 12.1 Å². The molecule has 134 valence electrons. The Labute approximate surface area is 151 Å². The molecule has 0 unspecified atom stereocenters. The largest absolute Gasteiger partial charge is 0.319 e. The molecule has 0 saturated heterocycles. The Balaban J connectivity index is 1.75. The molecule has 2 heterocycles. The Morgan fingerprint density at radius 1 is 0.926 bits per heavy atom. The summed E-state index contributed by atoms with van der Waals surface area (Å²) in [6.45, 7) is 0. The van der Waals surface area contributed by atoms with Gasteiger partial charge in [-0.1, -0.05) is 12.1 Å². The van der Waals surface area contributed by atoms with Gasteiger partial charge >= 0.3 is 0 Å². The van der Waals surface area contributed by atoms with Gasteiger partial charge in [0.15, 0.2) is 11.5 Å². The minimum Gasteiger partial charge on any atom is -0.319 e. The van der Waals surface area contributed by atoms with E-state index in [1.165, 1.54) is 16.5 Å². The summed E-state index contributed by atoms with van der Waals surface area (Å²) in [7, 11) is 0. The van der Waals surface area contributed by atoms with Crippen LogP contribution in [0.1, 0.15) is 10.4 Å². The second-order valence-electron chi connectivity index (χ2n) is 5.70. The lowest BCUT2D eigenvalue weighted by atomic mass is 10.2. The van der Waals surface area contributed by atoms with Crippen LogP contribution < -0.4 is 5.32 Å². The van der Waals surface area contributed by atoms with E-state index >= 15 is 0 Å².